The van der Waals surface area contributed by atoms with E-state index in [0.29, 0.717) is 17.7 Å². The van der Waals surface area contributed by atoms with Crippen molar-refractivity contribution in [3.05, 3.63) is 54.1 Å². The summed E-state index contributed by atoms with van der Waals surface area (Å²) in [5.74, 6) is 0.406. The van der Waals surface area contributed by atoms with E-state index in [2.05, 4.69) is 13.0 Å². The fraction of sp³-hybridized carbons (Fsp3) is 0.333. The highest BCUT2D eigenvalue weighted by molar-refractivity contribution is 5.73. The van der Waals surface area contributed by atoms with E-state index in [4.69, 9.17) is 10.00 Å². The summed E-state index contributed by atoms with van der Waals surface area (Å²) in [5.41, 5.74) is 2.70. The number of benzene rings is 2. The van der Waals surface area contributed by atoms with Gasteiger partial charge in [0.2, 0.25) is 0 Å². The number of nitriles is 1. The van der Waals surface area contributed by atoms with Gasteiger partial charge in [-0.1, -0.05) is 56.9 Å². The predicted octanol–water partition coefficient (Wildman–Crippen LogP) is 5.49. The number of esters is 1. The summed E-state index contributed by atoms with van der Waals surface area (Å²) in [4.78, 5) is 11.8. The molecule has 0 N–H and O–H groups in total. The zero-order valence-corrected chi connectivity index (χ0v) is 14.1. The second-order valence-corrected chi connectivity index (χ2v) is 5.85. The van der Waals surface area contributed by atoms with Gasteiger partial charge in [0.25, 0.3) is 0 Å². The number of ether oxygens (including phenoxy) is 1. The van der Waals surface area contributed by atoms with Gasteiger partial charge in [-0.05, 0) is 41.8 Å². The lowest BCUT2D eigenvalue weighted by Gasteiger charge is -2.06. The maximum absolute atomic E-state index is 11.8. The van der Waals surface area contributed by atoms with Crippen LogP contribution in [0, 0.1) is 11.3 Å². The Hall–Kier alpha value is -2.60. The number of nitrogens with zero attached hydrogens (tertiary/aromatic N) is 1. The Morgan fingerprint density at radius 3 is 2.08 bits per heavy atom. The van der Waals surface area contributed by atoms with Crippen LogP contribution in [-0.4, -0.2) is 5.97 Å². The summed E-state index contributed by atoms with van der Waals surface area (Å²) in [6, 6.07) is 17.0. The van der Waals surface area contributed by atoms with Crippen molar-refractivity contribution in [3.8, 4) is 22.9 Å². The molecule has 0 aliphatic heterocycles. The van der Waals surface area contributed by atoms with Gasteiger partial charge in [0.05, 0.1) is 11.6 Å². The van der Waals surface area contributed by atoms with Crippen LogP contribution in [0.15, 0.2) is 48.5 Å². The minimum Gasteiger partial charge on any atom is -0.427 e. The van der Waals surface area contributed by atoms with Crippen LogP contribution in [-0.2, 0) is 4.79 Å². The quantitative estimate of drug-likeness (QED) is 0.367. The molecule has 124 valence electrons. The SMILES string of the molecule is CCCCCCCC(=O)Oc1ccc(-c2ccc(C#N)cc2)cc1. The summed E-state index contributed by atoms with van der Waals surface area (Å²) in [7, 11) is 0. The molecule has 0 aliphatic carbocycles. The van der Waals surface area contributed by atoms with Crippen LogP contribution < -0.4 is 4.74 Å². The maximum atomic E-state index is 11.8. The summed E-state index contributed by atoms with van der Waals surface area (Å²) in [6.45, 7) is 2.18. The van der Waals surface area contributed by atoms with Crippen LogP contribution in [0.5, 0.6) is 5.75 Å². The van der Waals surface area contributed by atoms with Gasteiger partial charge >= 0.3 is 5.97 Å². The minimum atomic E-state index is -0.169. The Labute approximate surface area is 143 Å². The molecule has 0 saturated carbocycles. The largest absolute Gasteiger partial charge is 0.427 e. The first kappa shape index (κ1) is 17.7. The molecule has 0 unspecified atom stereocenters. The Balaban J connectivity index is 1.85. The van der Waals surface area contributed by atoms with Crippen molar-refractivity contribution in [2.24, 2.45) is 0 Å². The van der Waals surface area contributed by atoms with Gasteiger partial charge in [0.1, 0.15) is 5.75 Å². The van der Waals surface area contributed by atoms with E-state index in [1.807, 2.05) is 36.4 Å². The highest BCUT2D eigenvalue weighted by Crippen LogP contribution is 2.23. The molecule has 0 radical (unpaired) electrons. The summed E-state index contributed by atoms with van der Waals surface area (Å²) < 4.78 is 5.37. The molecule has 0 bridgehead atoms. The molecular formula is C21H23NO2. The van der Waals surface area contributed by atoms with Gasteiger partial charge in [-0.3, -0.25) is 4.79 Å². The van der Waals surface area contributed by atoms with Crippen LogP contribution in [0.4, 0.5) is 0 Å². The monoisotopic (exact) mass is 321 g/mol. The van der Waals surface area contributed by atoms with Crippen molar-refractivity contribution in [1.29, 1.82) is 5.26 Å². The zero-order chi connectivity index (χ0) is 17.2. The molecular weight excluding hydrogens is 298 g/mol. The molecule has 0 heterocycles. The summed E-state index contributed by atoms with van der Waals surface area (Å²) in [5, 5.41) is 8.82. The summed E-state index contributed by atoms with van der Waals surface area (Å²) >= 11 is 0. The second kappa shape index (κ2) is 9.52. The van der Waals surface area contributed by atoms with Crippen LogP contribution in [0.25, 0.3) is 11.1 Å². The minimum absolute atomic E-state index is 0.169. The molecule has 0 aliphatic rings. The Kier molecular flexibility index (Phi) is 7.04. The van der Waals surface area contributed by atoms with E-state index in [1.54, 1.807) is 12.1 Å². The highest BCUT2D eigenvalue weighted by atomic mass is 16.5. The van der Waals surface area contributed by atoms with Crippen molar-refractivity contribution in [1.82, 2.24) is 0 Å². The average molecular weight is 321 g/mol. The van der Waals surface area contributed by atoms with E-state index in [-0.39, 0.29) is 5.97 Å². The average Bonchev–Trinajstić information content (AvgIpc) is 2.62. The predicted molar refractivity (Wildman–Crippen MR) is 95.6 cm³/mol. The van der Waals surface area contributed by atoms with Crippen molar-refractivity contribution < 1.29 is 9.53 Å². The molecule has 0 aromatic heterocycles. The molecule has 0 saturated heterocycles. The fourth-order valence-corrected chi connectivity index (χ4v) is 2.51. The van der Waals surface area contributed by atoms with Crippen LogP contribution in [0.2, 0.25) is 0 Å². The first-order valence-corrected chi connectivity index (χ1v) is 8.54. The molecule has 0 atom stereocenters. The summed E-state index contributed by atoms with van der Waals surface area (Å²) in [6.07, 6.45) is 6.06. The first-order valence-electron chi connectivity index (χ1n) is 8.54. The van der Waals surface area contributed by atoms with Crippen molar-refractivity contribution in [3.63, 3.8) is 0 Å². The third-order valence-corrected chi connectivity index (χ3v) is 3.92. The van der Waals surface area contributed by atoms with Gasteiger partial charge < -0.3 is 4.74 Å². The molecule has 3 heteroatoms. The lowest BCUT2D eigenvalue weighted by Crippen LogP contribution is -2.07. The van der Waals surface area contributed by atoms with Crippen molar-refractivity contribution >= 4 is 5.97 Å². The highest BCUT2D eigenvalue weighted by Gasteiger charge is 2.05. The molecule has 2 aromatic carbocycles. The smallest absolute Gasteiger partial charge is 0.311 e. The lowest BCUT2D eigenvalue weighted by atomic mass is 10.0. The Bertz CT molecular complexity index is 681. The van der Waals surface area contributed by atoms with Gasteiger partial charge in [-0.2, -0.15) is 5.26 Å². The number of carbonyl (C=O) groups is 1. The molecule has 24 heavy (non-hydrogen) atoms. The van der Waals surface area contributed by atoms with Gasteiger partial charge in [0.15, 0.2) is 0 Å². The van der Waals surface area contributed by atoms with E-state index >= 15 is 0 Å². The fourth-order valence-electron chi connectivity index (χ4n) is 2.51. The third-order valence-electron chi connectivity index (χ3n) is 3.92. The number of hydrogen-bond acceptors (Lipinski definition) is 3. The molecule has 0 fully saturated rings. The van der Waals surface area contributed by atoms with E-state index in [1.165, 1.54) is 19.3 Å². The topological polar surface area (TPSA) is 50.1 Å². The van der Waals surface area contributed by atoms with Crippen molar-refractivity contribution in [2.45, 2.75) is 45.4 Å². The normalized spacial score (nSPS) is 10.2. The molecule has 2 rings (SSSR count). The van der Waals surface area contributed by atoms with Gasteiger partial charge in [0, 0.05) is 6.42 Å². The van der Waals surface area contributed by atoms with E-state index in [0.717, 1.165) is 24.0 Å². The van der Waals surface area contributed by atoms with Gasteiger partial charge in [-0.25, -0.2) is 0 Å². The molecule has 2 aromatic rings. The third kappa shape index (κ3) is 5.55. The van der Waals surface area contributed by atoms with Crippen LogP contribution >= 0.6 is 0 Å². The molecule has 0 amide bonds. The zero-order valence-electron chi connectivity index (χ0n) is 14.1. The standard InChI is InChI=1S/C21H23NO2/c1-2-3-4-5-6-7-21(23)24-20-14-12-19(13-15-20)18-10-8-17(16-22)9-11-18/h8-15H,2-7H2,1H3. The molecule has 0 spiro atoms. The number of unbranched alkanes of at least 4 members (excludes halogenated alkanes) is 4. The van der Waals surface area contributed by atoms with Crippen LogP contribution in [0.1, 0.15) is 51.0 Å². The molecule has 3 nitrogen and oxygen atoms in total. The number of hydrogen-bond donors (Lipinski definition) is 0. The van der Waals surface area contributed by atoms with E-state index in [9.17, 15) is 4.79 Å². The van der Waals surface area contributed by atoms with E-state index < -0.39 is 0 Å². The maximum Gasteiger partial charge on any atom is 0.311 e. The Morgan fingerprint density at radius 1 is 0.917 bits per heavy atom. The lowest BCUT2D eigenvalue weighted by molar-refractivity contribution is -0.134. The van der Waals surface area contributed by atoms with Crippen LogP contribution in [0.3, 0.4) is 0 Å². The van der Waals surface area contributed by atoms with Crippen molar-refractivity contribution in [2.75, 3.05) is 0 Å². The van der Waals surface area contributed by atoms with Gasteiger partial charge in [-0.15, -0.1) is 0 Å². The number of rotatable bonds is 8. The Morgan fingerprint density at radius 2 is 1.50 bits per heavy atom. The number of carbonyl (C=O) groups excluding carboxylic acids is 1. The second-order valence-electron chi connectivity index (χ2n) is 5.85. The first-order chi connectivity index (χ1) is 11.7.